The molecule has 0 bridgehead atoms. The maximum atomic E-state index is 13.0. The average molecular weight is 972 g/mol. The van der Waals surface area contributed by atoms with Crippen molar-refractivity contribution >= 4 is 13.7 Å². The van der Waals surface area contributed by atoms with E-state index < -0.39 is 75.2 Å². The van der Waals surface area contributed by atoms with Crippen molar-refractivity contribution in [2.24, 2.45) is 0 Å². The van der Waals surface area contributed by atoms with Crippen LogP contribution in [0.3, 0.4) is 0 Å². The van der Waals surface area contributed by atoms with E-state index in [2.05, 4.69) is 55.6 Å². The SMILES string of the molecule is CCCCCCCCCCC/C=C\CCCCCC(O)CC(=O)NC(COP(=O)(O)OC1C(O)C(O)C(O)C(O)C1O)C(O)/C=C/CC/C=C/CC/C=C/CCCCCCCCCCCCC. The summed E-state index contributed by atoms with van der Waals surface area (Å²) in [4.78, 5) is 23.5. The summed E-state index contributed by atoms with van der Waals surface area (Å²) in [5, 5.41) is 74.7. The quantitative estimate of drug-likeness (QED) is 0.0158. The number of aliphatic hydroxyl groups excluding tert-OH is 7. The lowest BCUT2D eigenvalue weighted by atomic mass is 9.85. The van der Waals surface area contributed by atoms with Crippen molar-refractivity contribution in [2.75, 3.05) is 6.61 Å². The maximum absolute atomic E-state index is 13.0. The molecule has 0 aromatic rings. The Morgan fingerprint density at radius 1 is 0.522 bits per heavy atom. The number of amides is 1. The molecule has 8 atom stereocenters. The van der Waals surface area contributed by atoms with E-state index in [-0.39, 0.29) is 6.42 Å². The molecule has 1 amide bonds. The van der Waals surface area contributed by atoms with Crippen molar-refractivity contribution in [2.45, 2.75) is 274 Å². The Balaban J connectivity index is 2.52. The van der Waals surface area contributed by atoms with Gasteiger partial charge in [-0.25, -0.2) is 4.57 Å². The number of unbranched alkanes of at least 4 members (excludes halogenated alkanes) is 25. The Bertz CT molecular complexity index is 1330. The van der Waals surface area contributed by atoms with Crippen molar-refractivity contribution in [3.63, 3.8) is 0 Å². The van der Waals surface area contributed by atoms with Gasteiger partial charge < -0.3 is 46.0 Å². The van der Waals surface area contributed by atoms with Gasteiger partial charge in [0.25, 0.3) is 0 Å². The van der Waals surface area contributed by atoms with Crippen LogP contribution < -0.4 is 5.32 Å². The highest BCUT2D eigenvalue weighted by molar-refractivity contribution is 7.47. The smallest absolute Gasteiger partial charge is 0.393 e. The molecule has 14 heteroatoms. The van der Waals surface area contributed by atoms with Crippen LogP contribution in [0.4, 0.5) is 0 Å². The van der Waals surface area contributed by atoms with Crippen LogP contribution in [0.2, 0.25) is 0 Å². The fourth-order valence-corrected chi connectivity index (χ4v) is 9.23. The Hall–Kier alpha value is -1.74. The second-order valence-electron chi connectivity index (χ2n) is 18.9. The van der Waals surface area contributed by atoms with Crippen molar-refractivity contribution < 1.29 is 59.0 Å². The molecule has 0 radical (unpaired) electrons. The zero-order chi connectivity index (χ0) is 49.4. The van der Waals surface area contributed by atoms with Crippen molar-refractivity contribution in [3.8, 4) is 0 Å². The summed E-state index contributed by atoms with van der Waals surface area (Å²) in [5.74, 6) is -0.615. The normalized spacial score (nSPS) is 22.6. The van der Waals surface area contributed by atoms with Gasteiger partial charge in [-0.3, -0.25) is 13.8 Å². The standard InChI is InChI=1S/C53H98NO12P/c1-3-5-7-9-11-13-15-17-19-21-22-23-24-25-27-29-31-33-35-37-39-41-46(56)45(43-65-67(63,64)66-53-51(61)49(59)48(58)50(60)52(53)62)54-47(57)42-44(55)40-38-36-34-32-30-28-26-20-18-16-14-12-10-8-6-4-2/h24-25,28,30-31,33,39,41,44-46,48-53,55-56,58-62H,3-23,26-27,29,32,34-38,40,42-43H2,1-2H3,(H,54,57)(H,63,64)/b25-24+,30-28-,33-31+,41-39+. The van der Waals surface area contributed by atoms with Crippen molar-refractivity contribution in [3.05, 3.63) is 48.6 Å². The average Bonchev–Trinajstić information content (AvgIpc) is 3.30. The Morgan fingerprint density at radius 2 is 0.881 bits per heavy atom. The van der Waals surface area contributed by atoms with Gasteiger partial charge >= 0.3 is 7.82 Å². The van der Waals surface area contributed by atoms with Gasteiger partial charge in [-0.2, -0.15) is 0 Å². The Morgan fingerprint density at radius 3 is 1.31 bits per heavy atom. The first-order chi connectivity index (χ1) is 32.3. The summed E-state index contributed by atoms with van der Waals surface area (Å²) in [5.41, 5.74) is 0. The minimum absolute atomic E-state index is 0.267. The zero-order valence-corrected chi connectivity index (χ0v) is 42.7. The van der Waals surface area contributed by atoms with E-state index in [0.717, 1.165) is 51.4 Å². The van der Waals surface area contributed by atoms with E-state index in [1.807, 2.05) is 0 Å². The fourth-order valence-electron chi connectivity index (χ4n) is 8.27. The minimum atomic E-state index is -5.16. The van der Waals surface area contributed by atoms with Crippen LogP contribution in [0.1, 0.15) is 219 Å². The predicted molar refractivity (Wildman–Crippen MR) is 270 cm³/mol. The molecule has 8 unspecified atom stereocenters. The lowest BCUT2D eigenvalue weighted by Crippen LogP contribution is -2.64. The van der Waals surface area contributed by atoms with E-state index >= 15 is 0 Å². The summed E-state index contributed by atoms with van der Waals surface area (Å²) in [6, 6.07) is -1.27. The minimum Gasteiger partial charge on any atom is -0.393 e. The Kier molecular flexibility index (Phi) is 39.7. The molecule has 0 spiro atoms. The van der Waals surface area contributed by atoms with Crippen LogP contribution >= 0.6 is 7.82 Å². The number of hydrogen-bond donors (Lipinski definition) is 9. The van der Waals surface area contributed by atoms with Crippen LogP contribution in [0.25, 0.3) is 0 Å². The van der Waals surface area contributed by atoms with Gasteiger partial charge in [0.05, 0.1) is 31.3 Å². The van der Waals surface area contributed by atoms with Crippen molar-refractivity contribution in [1.29, 1.82) is 0 Å². The molecule has 67 heavy (non-hydrogen) atoms. The molecular formula is C53H98NO12P. The molecule has 0 aromatic heterocycles. The number of nitrogens with one attached hydrogen (secondary N) is 1. The van der Waals surface area contributed by atoms with E-state index in [1.54, 1.807) is 6.08 Å². The highest BCUT2D eigenvalue weighted by Crippen LogP contribution is 2.47. The number of carbonyl (C=O) groups excluding carboxylic acids is 1. The number of phosphoric ester groups is 1. The molecule has 0 saturated heterocycles. The molecule has 1 fully saturated rings. The second kappa shape index (κ2) is 42.0. The number of allylic oxidation sites excluding steroid dienone is 7. The van der Waals surface area contributed by atoms with Gasteiger partial charge in [0.1, 0.15) is 36.6 Å². The maximum Gasteiger partial charge on any atom is 0.472 e. The molecule has 13 nitrogen and oxygen atoms in total. The third kappa shape index (κ3) is 33.5. The van der Waals surface area contributed by atoms with E-state index in [4.69, 9.17) is 9.05 Å². The van der Waals surface area contributed by atoms with Crippen LogP contribution in [0.15, 0.2) is 48.6 Å². The van der Waals surface area contributed by atoms with Gasteiger partial charge in [0.15, 0.2) is 0 Å². The highest BCUT2D eigenvalue weighted by Gasteiger charge is 2.51. The van der Waals surface area contributed by atoms with Gasteiger partial charge in [-0.1, -0.05) is 191 Å². The predicted octanol–water partition coefficient (Wildman–Crippen LogP) is 10.3. The number of carbonyl (C=O) groups is 1. The molecule has 0 heterocycles. The molecule has 1 aliphatic rings. The number of phosphoric acid groups is 1. The summed E-state index contributed by atoms with van der Waals surface area (Å²) in [6.07, 6.45) is 37.7. The van der Waals surface area contributed by atoms with Gasteiger partial charge in [-0.05, 0) is 70.6 Å². The highest BCUT2D eigenvalue weighted by atomic mass is 31.2. The summed E-state index contributed by atoms with van der Waals surface area (Å²) in [6.45, 7) is 3.74. The number of hydrogen-bond acceptors (Lipinski definition) is 11. The second-order valence-corrected chi connectivity index (χ2v) is 20.3. The summed E-state index contributed by atoms with van der Waals surface area (Å²) < 4.78 is 22.9. The molecule has 1 aliphatic carbocycles. The van der Waals surface area contributed by atoms with Gasteiger partial charge in [-0.15, -0.1) is 0 Å². The summed E-state index contributed by atoms with van der Waals surface area (Å²) in [7, 11) is -5.16. The zero-order valence-electron chi connectivity index (χ0n) is 41.8. The van der Waals surface area contributed by atoms with Gasteiger partial charge in [0, 0.05) is 0 Å². The number of aliphatic hydroxyl groups is 7. The van der Waals surface area contributed by atoms with Crippen LogP contribution in [0.5, 0.6) is 0 Å². The first kappa shape index (κ1) is 63.3. The number of rotatable bonds is 44. The largest absolute Gasteiger partial charge is 0.472 e. The topological polar surface area (TPSA) is 226 Å². The third-order valence-corrected chi connectivity index (χ3v) is 13.6. The molecule has 0 aromatic carbocycles. The lowest BCUT2D eigenvalue weighted by Gasteiger charge is -2.41. The van der Waals surface area contributed by atoms with Gasteiger partial charge in [0.2, 0.25) is 5.91 Å². The Labute approximate surface area is 406 Å². The first-order valence-corrected chi connectivity index (χ1v) is 28.2. The summed E-state index contributed by atoms with van der Waals surface area (Å²) >= 11 is 0. The monoisotopic (exact) mass is 972 g/mol. The van der Waals surface area contributed by atoms with E-state index in [0.29, 0.717) is 19.3 Å². The van der Waals surface area contributed by atoms with E-state index in [1.165, 1.54) is 134 Å². The molecule has 1 saturated carbocycles. The lowest BCUT2D eigenvalue weighted by molar-refractivity contribution is -0.220. The fraction of sp³-hybridized carbons (Fsp3) is 0.830. The van der Waals surface area contributed by atoms with Crippen LogP contribution in [0, 0.1) is 0 Å². The molecule has 1 rings (SSSR count). The van der Waals surface area contributed by atoms with E-state index in [9.17, 15) is 50.0 Å². The third-order valence-electron chi connectivity index (χ3n) is 12.6. The molecule has 9 N–H and O–H groups in total. The molecule has 392 valence electrons. The molecular weight excluding hydrogens is 874 g/mol. The van der Waals surface area contributed by atoms with Crippen molar-refractivity contribution in [1.82, 2.24) is 5.32 Å². The molecule has 0 aliphatic heterocycles. The van der Waals surface area contributed by atoms with Crippen LogP contribution in [-0.2, 0) is 18.4 Å². The first-order valence-electron chi connectivity index (χ1n) is 26.7. The van der Waals surface area contributed by atoms with Crippen LogP contribution in [-0.4, -0.2) is 108 Å².